The Labute approximate surface area is 350 Å². The maximum absolute atomic E-state index is 3.05. The molecule has 294 valence electrons. The van der Waals surface area contributed by atoms with E-state index >= 15 is 0 Å². The first-order chi connectivity index (χ1) is 29.2. The first-order valence-electron chi connectivity index (χ1n) is 23.2. The number of fused-ring (bicyclic) bond motifs is 5. The lowest BCUT2D eigenvalue weighted by Crippen LogP contribution is -2.46. The van der Waals surface area contributed by atoms with Crippen LogP contribution in [0.2, 0.25) is 0 Å². The Morgan fingerprint density at radius 1 is 0.610 bits per heavy atom. The summed E-state index contributed by atoms with van der Waals surface area (Å²) in [5.41, 5.74) is 21.6. The number of aromatic nitrogens is 1. The predicted octanol–water partition coefficient (Wildman–Crippen LogP) is 15.3. The Morgan fingerprint density at radius 2 is 1.39 bits per heavy atom. The number of allylic oxidation sites excluding steroid dienone is 13. The Bertz CT molecular complexity index is 2760. The molecular formula is C57H56N2. The molecule has 1 aromatic heterocycles. The van der Waals surface area contributed by atoms with E-state index in [1.807, 2.05) is 0 Å². The highest BCUT2D eigenvalue weighted by Gasteiger charge is 2.38. The van der Waals surface area contributed by atoms with Crippen LogP contribution in [0.4, 0.5) is 0 Å². The third-order valence-electron chi connectivity index (χ3n) is 15.4. The number of para-hydroxylation sites is 1. The van der Waals surface area contributed by atoms with Crippen molar-refractivity contribution in [1.29, 1.82) is 0 Å². The Balaban J connectivity index is 0.941. The van der Waals surface area contributed by atoms with Crippen LogP contribution in [-0.4, -0.2) is 21.6 Å². The van der Waals surface area contributed by atoms with E-state index in [4.69, 9.17) is 0 Å². The molecule has 5 aromatic rings. The van der Waals surface area contributed by atoms with Gasteiger partial charge in [0.05, 0.1) is 11.0 Å². The maximum atomic E-state index is 3.05. The summed E-state index contributed by atoms with van der Waals surface area (Å²) in [6, 6.07) is 32.0. The summed E-state index contributed by atoms with van der Waals surface area (Å²) in [7, 11) is 0. The summed E-state index contributed by atoms with van der Waals surface area (Å²) in [6.45, 7) is 2.61. The van der Waals surface area contributed by atoms with E-state index in [-0.39, 0.29) is 0 Å². The van der Waals surface area contributed by atoms with Crippen LogP contribution in [0.15, 0.2) is 133 Å². The molecule has 2 heteroatoms. The van der Waals surface area contributed by atoms with Crippen LogP contribution in [0.1, 0.15) is 131 Å². The normalized spacial score (nSPS) is 23.7. The standard InChI is InChI=1S/C57H56N2/c1-37-34-38(39-32-33-46-45-23-10-11-30-54(45)59(55(46)35-39)41-19-6-3-7-20-41)16-12-31-53(37)58(40-17-4-2-5-18-40)42-21-13-25-44-49-27-15-28-50-51-29-14-26-48(57(51)52(44)36-42)43-22-8-9-24-47(43)56(49)50/h6,9-11,13-15,19-20,23-30,32-33,35-38,40,53H,2-5,7-8,12,16-18,21-22,31,34H2,1H3. The van der Waals surface area contributed by atoms with Gasteiger partial charge in [0, 0.05) is 40.7 Å². The van der Waals surface area contributed by atoms with E-state index in [0.29, 0.717) is 23.9 Å². The van der Waals surface area contributed by atoms with Crippen LogP contribution < -0.4 is 0 Å². The van der Waals surface area contributed by atoms with Crippen molar-refractivity contribution < 1.29 is 0 Å². The third-order valence-corrected chi connectivity index (χ3v) is 15.4. The quantitative estimate of drug-likeness (QED) is 0.162. The van der Waals surface area contributed by atoms with E-state index in [0.717, 1.165) is 32.1 Å². The van der Waals surface area contributed by atoms with Crippen molar-refractivity contribution >= 4 is 49.8 Å². The SMILES string of the molecule is CC1CC(c2ccc3c4ccccc4n(C4=CCCC=C4)c3c2)CCCC1N(C1=CC2=C(C=CC1)c1cccc3c1C1=C(CCC=C1)c1cccc-3c12)C1CCCCC1. The minimum atomic E-state index is 0.542. The summed E-state index contributed by atoms with van der Waals surface area (Å²) in [5.74, 6) is 1.16. The van der Waals surface area contributed by atoms with Gasteiger partial charge < -0.3 is 9.47 Å². The first kappa shape index (κ1) is 35.6. The lowest BCUT2D eigenvalue weighted by atomic mass is 9.80. The third kappa shape index (κ3) is 5.72. The highest BCUT2D eigenvalue weighted by atomic mass is 15.2. The van der Waals surface area contributed by atoms with Gasteiger partial charge in [-0.1, -0.05) is 136 Å². The van der Waals surface area contributed by atoms with E-state index < -0.39 is 0 Å². The molecule has 0 amide bonds. The second-order valence-electron chi connectivity index (χ2n) is 18.7. The van der Waals surface area contributed by atoms with E-state index in [1.165, 1.54) is 141 Å². The van der Waals surface area contributed by atoms with Crippen molar-refractivity contribution in [1.82, 2.24) is 9.47 Å². The van der Waals surface area contributed by atoms with E-state index in [9.17, 15) is 0 Å². The number of benzene rings is 4. The number of rotatable bonds is 5. The van der Waals surface area contributed by atoms with Gasteiger partial charge in [-0.15, -0.1) is 0 Å². The second kappa shape index (κ2) is 14.4. The van der Waals surface area contributed by atoms with Crippen LogP contribution in [0.25, 0.3) is 60.9 Å². The monoisotopic (exact) mass is 768 g/mol. The summed E-state index contributed by atoms with van der Waals surface area (Å²) >= 11 is 0. The molecule has 7 aliphatic carbocycles. The highest BCUT2D eigenvalue weighted by molar-refractivity contribution is 6.18. The number of hydrogen-bond donors (Lipinski definition) is 0. The summed E-state index contributed by atoms with van der Waals surface area (Å²) in [4.78, 5) is 3.05. The molecule has 2 fully saturated rings. The van der Waals surface area contributed by atoms with Gasteiger partial charge >= 0.3 is 0 Å². The molecule has 0 N–H and O–H groups in total. The van der Waals surface area contributed by atoms with Crippen molar-refractivity contribution in [2.24, 2.45) is 5.92 Å². The van der Waals surface area contributed by atoms with E-state index in [2.05, 4.69) is 144 Å². The first-order valence-corrected chi connectivity index (χ1v) is 23.2. The Morgan fingerprint density at radius 3 is 2.25 bits per heavy atom. The minimum absolute atomic E-state index is 0.542. The molecule has 1 heterocycles. The molecular weight excluding hydrogens is 713 g/mol. The molecule has 2 nitrogen and oxygen atoms in total. The zero-order valence-corrected chi connectivity index (χ0v) is 34.7. The van der Waals surface area contributed by atoms with Crippen molar-refractivity contribution in [2.45, 2.75) is 115 Å². The van der Waals surface area contributed by atoms with Crippen LogP contribution in [0, 0.1) is 5.92 Å². The molecule has 0 spiro atoms. The average Bonchev–Trinajstić information content (AvgIpc) is 3.40. The topological polar surface area (TPSA) is 8.17 Å². The van der Waals surface area contributed by atoms with Crippen LogP contribution >= 0.6 is 0 Å². The average molecular weight is 769 g/mol. The molecule has 0 saturated heterocycles. The largest absolute Gasteiger partial charge is 0.368 e. The maximum Gasteiger partial charge on any atom is 0.0543 e. The number of nitrogens with zero attached hydrogens (tertiary/aromatic N) is 2. The van der Waals surface area contributed by atoms with Crippen LogP contribution in [0.3, 0.4) is 0 Å². The van der Waals surface area contributed by atoms with Gasteiger partial charge in [-0.3, -0.25) is 0 Å². The van der Waals surface area contributed by atoms with Gasteiger partial charge in [0.2, 0.25) is 0 Å². The van der Waals surface area contributed by atoms with Gasteiger partial charge in [0.25, 0.3) is 0 Å². The van der Waals surface area contributed by atoms with Crippen LogP contribution in [-0.2, 0) is 0 Å². The highest BCUT2D eigenvalue weighted by Crippen LogP contribution is 2.55. The lowest BCUT2D eigenvalue weighted by molar-refractivity contribution is 0.103. The smallest absolute Gasteiger partial charge is 0.0543 e. The molecule has 0 aliphatic heterocycles. The molecule has 2 saturated carbocycles. The minimum Gasteiger partial charge on any atom is -0.368 e. The van der Waals surface area contributed by atoms with Gasteiger partial charge in [0.1, 0.15) is 0 Å². The van der Waals surface area contributed by atoms with Gasteiger partial charge in [-0.2, -0.15) is 0 Å². The molecule has 3 atom stereocenters. The zero-order valence-electron chi connectivity index (χ0n) is 34.7. The Kier molecular flexibility index (Phi) is 8.71. The fourth-order valence-corrected chi connectivity index (χ4v) is 12.8. The van der Waals surface area contributed by atoms with Gasteiger partial charge in [-0.25, -0.2) is 0 Å². The van der Waals surface area contributed by atoms with Crippen molar-refractivity contribution in [3.05, 3.63) is 161 Å². The summed E-state index contributed by atoms with van der Waals surface area (Å²) in [6.07, 6.45) is 37.0. The molecule has 6 bridgehead atoms. The van der Waals surface area contributed by atoms with Crippen LogP contribution in [0.5, 0.6) is 0 Å². The fraction of sp³-hybridized carbons (Fsp3) is 0.333. The molecule has 3 unspecified atom stereocenters. The number of hydrogen-bond acceptors (Lipinski definition) is 1. The van der Waals surface area contributed by atoms with Crippen molar-refractivity contribution in [2.75, 3.05) is 0 Å². The van der Waals surface area contributed by atoms with Crippen molar-refractivity contribution in [3.63, 3.8) is 0 Å². The molecule has 12 rings (SSSR count). The molecule has 4 aromatic carbocycles. The lowest BCUT2D eigenvalue weighted by Gasteiger charge is -2.45. The summed E-state index contributed by atoms with van der Waals surface area (Å²) < 4.78 is 2.55. The second-order valence-corrected chi connectivity index (χ2v) is 18.7. The fourth-order valence-electron chi connectivity index (χ4n) is 12.8. The molecule has 0 radical (unpaired) electrons. The van der Waals surface area contributed by atoms with Gasteiger partial charge in [0.15, 0.2) is 0 Å². The molecule has 7 aliphatic rings. The van der Waals surface area contributed by atoms with Gasteiger partial charge in [-0.05, 0) is 155 Å². The zero-order chi connectivity index (χ0) is 39.0. The van der Waals surface area contributed by atoms with E-state index in [1.54, 1.807) is 11.3 Å². The molecule has 59 heavy (non-hydrogen) atoms. The summed E-state index contributed by atoms with van der Waals surface area (Å²) in [5, 5.41) is 2.74. The van der Waals surface area contributed by atoms with Crippen molar-refractivity contribution in [3.8, 4) is 11.1 Å². The predicted molar refractivity (Wildman–Crippen MR) is 251 cm³/mol. The Hall–Kier alpha value is -5.34.